The SMILES string of the molecule is CC(=O)N1CCC(C(=O)N2CCC[C@@H](Cc3cccc(C)n3)C2)CC1. The molecule has 0 radical (unpaired) electrons. The highest BCUT2D eigenvalue weighted by molar-refractivity contribution is 5.79. The average molecular weight is 343 g/mol. The second-order valence-corrected chi connectivity index (χ2v) is 7.55. The van der Waals surface area contributed by atoms with Crippen molar-refractivity contribution in [1.29, 1.82) is 0 Å². The van der Waals surface area contributed by atoms with Crippen LogP contribution in [0, 0.1) is 18.8 Å². The van der Waals surface area contributed by atoms with E-state index in [1.54, 1.807) is 6.92 Å². The zero-order valence-electron chi connectivity index (χ0n) is 15.4. The van der Waals surface area contributed by atoms with Crippen molar-refractivity contribution in [3.8, 4) is 0 Å². The largest absolute Gasteiger partial charge is 0.343 e. The molecule has 2 aliphatic rings. The summed E-state index contributed by atoms with van der Waals surface area (Å²) in [6.07, 6.45) is 4.81. The number of aryl methyl sites for hydroxylation is 1. The highest BCUT2D eigenvalue weighted by Crippen LogP contribution is 2.25. The van der Waals surface area contributed by atoms with E-state index >= 15 is 0 Å². The first kappa shape index (κ1) is 17.9. The van der Waals surface area contributed by atoms with E-state index < -0.39 is 0 Å². The van der Waals surface area contributed by atoms with Crippen LogP contribution in [0.2, 0.25) is 0 Å². The quantitative estimate of drug-likeness (QED) is 0.847. The lowest BCUT2D eigenvalue weighted by atomic mass is 9.90. The van der Waals surface area contributed by atoms with E-state index in [0.29, 0.717) is 11.8 Å². The molecule has 0 bridgehead atoms. The van der Waals surface area contributed by atoms with Crippen molar-refractivity contribution >= 4 is 11.8 Å². The third-order valence-corrected chi connectivity index (χ3v) is 5.56. The first-order valence-corrected chi connectivity index (χ1v) is 9.50. The lowest BCUT2D eigenvalue weighted by molar-refractivity contribution is -0.141. The van der Waals surface area contributed by atoms with Crippen LogP contribution in [0.15, 0.2) is 18.2 Å². The summed E-state index contributed by atoms with van der Waals surface area (Å²) in [5, 5.41) is 0. The van der Waals surface area contributed by atoms with Gasteiger partial charge in [0.2, 0.25) is 11.8 Å². The molecular formula is C20H29N3O2. The molecule has 2 fully saturated rings. The van der Waals surface area contributed by atoms with Crippen LogP contribution in [0.3, 0.4) is 0 Å². The van der Waals surface area contributed by atoms with Gasteiger partial charge in [-0.3, -0.25) is 14.6 Å². The molecule has 0 N–H and O–H groups in total. The normalized spacial score (nSPS) is 22.1. The molecule has 1 aromatic rings. The van der Waals surface area contributed by atoms with Crippen LogP contribution in [0.4, 0.5) is 0 Å². The van der Waals surface area contributed by atoms with Crippen molar-refractivity contribution in [2.75, 3.05) is 26.2 Å². The van der Waals surface area contributed by atoms with Crippen molar-refractivity contribution in [2.24, 2.45) is 11.8 Å². The number of hydrogen-bond acceptors (Lipinski definition) is 3. The molecule has 136 valence electrons. The van der Waals surface area contributed by atoms with Gasteiger partial charge in [-0.1, -0.05) is 6.07 Å². The van der Waals surface area contributed by atoms with Crippen LogP contribution in [-0.4, -0.2) is 52.8 Å². The van der Waals surface area contributed by atoms with Gasteiger partial charge in [-0.05, 0) is 57.1 Å². The van der Waals surface area contributed by atoms with Crippen molar-refractivity contribution in [2.45, 2.75) is 46.0 Å². The maximum absolute atomic E-state index is 12.9. The number of nitrogens with zero attached hydrogens (tertiary/aromatic N) is 3. The average Bonchev–Trinajstić information content (AvgIpc) is 2.61. The molecule has 0 spiro atoms. The van der Waals surface area contributed by atoms with Crippen LogP contribution in [0.5, 0.6) is 0 Å². The number of amides is 2. The van der Waals surface area contributed by atoms with E-state index in [9.17, 15) is 9.59 Å². The minimum atomic E-state index is 0.0893. The molecule has 0 unspecified atom stereocenters. The predicted octanol–water partition coefficient (Wildman–Crippen LogP) is 2.43. The number of hydrogen-bond donors (Lipinski definition) is 0. The zero-order chi connectivity index (χ0) is 17.8. The number of likely N-dealkylation sites (tertiary alicyclic amines) is 2. The third-order valence-electron chi connectivity index (χ3n) is 5.56. The maximum atomic E-state index is 12.9. The Kier molecular flexibility index (Phi) is 5.71. The van der Waals surface area contributed by atoms with Crippen LogP contribution < -0.4 is 0 Å². The molecule has 3 rings (SSSR count). The fourth-order valence-electron chi connectivity index (χ4n) is 4.14. The van der Waals surface area contributed by atoms with Gasteiger partial charge in [0.25, 0.3) is 0 Å². The Bertz CT molecular complexity index is 623. The molecule has 2 saturated heterocycles. The van der Waals surface area contributed by atoms with Gasteiger partial charge in [0.05, 0.1) is 0 Å². The number of aromatic nitrogens is 1. The number of carbonyl (C=O) groups excluding carboxylic acids is 2. The molecule has 3 heterocycles. The standard InChI is InChI=1S/C20H29N3O2/c1-15-5-3-7-19(21-15)13-17-6-4-10-23(14-17)20(25)18-8-11-22(12-9-18)16(2)24/h3,5,7,17-18H,4,6,8-14H2,1-2H3/t17-/m0/s1. The monoisotopic (exact) mass is 343 g/mol. The summed E-state index contributed by atoms with van der Waals surface area (Å²) in [4.78, 5) is 32.9. The summed E-state index contributed by atoms with van der Waals surface area (Å²) in [6, 6.07) is 6.17. The Morgan fingerprint density at radius 3 is 2.56 bits per heavy atom. The van der Waals surface area contributed by atoms with Gasteiger partial charge in [-0.2, -0.15) is 0 Å². The highest BCUT2D eigenvalue weighted by Gasteiger charge is 2.32. The second kappa shape index (κ2) is 7.98. The molecule has 0 aromatic carbocycles. The Morgan fingerprint density at radius 2 is 1.88 bits per heavy atom. The fraction of sp³-hybridized carbons (Fsp3) is 0.650. The van der Waals surface area contributed by atoms with Crippen molar-refractivity contribution in [1.82, 2.24) is 14.8 Å². The van der Waals surface area contributed by atoms with Gasteiger partial charge in [0.15, 0.2) is 0 Å². The molecule has 0 aliphatic carbocycles. The van der Waals surface area contributed by atoms with Crippen molar-refractivity contribution in [3.63, 3.8) is 0 Å². The van der Waals surface area contributed by atoms with Gasteiger partial charge in [-0.25, -0.2) is 0 Å². The van der Waals surface area contributed by atoms with Crippen LogP contribution in [-0.2, 0) is 16.0 Å². The Morgan fingerprint density at radius 1 is 1.12 bits per heavy atom. The minimum absolute atomic E-state index is 0.0893. The first-order valence-electron chi connectivity index (χ1n) is 9.50. The van der Waals surface area contributed by atoms with E-state index in [-0.39, 0.29) is 11.8 Å². The molecule has 5 nitrogen and oxygen atoms in total. The summed E-state index contributed by atoms with van der Waals surface area (Å²) in [7, 11) is 0. The summed E-state index contributed by atoms with van der Waals surface area (Å²) < 4.78 is 0. The highest BCUT2D eigenvalue weighted by atomic mass is 16.2. The van der Waals surface area contributed by atoms with Gasteiger partial charge in [0.1, 0.15) is 0 Å². The molecule has 2 aliphatic heterocycles. The van der Waals surface area contributed by atoms with Crippen molar-refractivity contribution < 1.29 is 9.59 Å². The lowest BCUT2D eigenvalue weighted by Gasteiger charge is -2.37. The lowest BCUT2D eigenvalue weighted by Crippen LogP contribution is -2.47. The van der Waals surface area contributed by atoms with Crippen LogP contribution in [0.1, 0.15) is 44.0 Å². The van der Waals surface area contributed by atoms with Gasteiger partial charge < -0.3 is 9.80 Å². The topological polar surface area (TPSA) is 53.5 Å². The molecule has 1 atom stereocenters. The smallest absolute Gasteiger partial charge is 0.225 e. The van der Waals surface area contributed by atoms with E-state index in [4.69, 9.17) is 0 Å². The van der Waals surface area contributed by atoms with Gasteiger partial charge >= 0.3 is 0 Å². The maximum Gasteiger partial charge on any atom is 0.225 e. The Hall–Kier alpha value is -1.91. The van der Waals surface area contributed by atoms with E-state index in [2.05, 4.69) is 22.0 Å². The van der Waals surface area contributed by atoms with E-state index in [0.717, 1.165) is 63.3 Å². The summed E-state index contributed by atoms with van der Waals surface area (Å²) in [5.74, 6) is 1.01. The van der Waals surface area contributed by atoms with Crippen molar-refractivity contribution in [3.05, 3.63) is 29.6 Å². The first-order chi connectivity index (χ1) is 12.0. The number of piperidine rings is 2. The van der Waals surface area contributed by atoms with E-state index in [1.165, 1.54) is 6.42 Å². The fourth-order valence-corrected chi connectivity index (χ4v) is 4.14. The predicted molar refractivity (Wildman–Crippen MR) is 97.0 cm³/mol. The third kappa shape index (κ3) is 4.59. The molecule has 2 amide bonds. The zero-order valence-corrected chi connectivity index (χ0v) is 15.4. The molecule has 0 saturated carbocycles. The van der Waals surface area contributed by atoms with E-state index in [1.807, 2.05) is 17.9 Å². The van der Waals surface area contributed by atoms with Gasteiger partial charge in [-0.15, -0.1) is 0 Å². The minimum Gasteiger partial charge on any atom is -0.343 e. The molecule has 5 heteroatoms. The number of carbonyl (C=O) groups is 2. The molecule has 25 heavy (non-hydrogen) atoms. The Balaban J connectivity index is 1.54. The summed E-state index contributed by atoms with van der Waals surface area (Å²) in [5.41, 5.74) is 2.19. The summed E-state index contributed by atoms with van der Waals surface area (Å²) in [6.45, 7) is 6.79. The number of rotatable bonds is 3. The molecular weight excluding hydrogens is 314 g/mol. The van der Waals surface area contributed by atoms with Crippen LogP contribution in [0.25, 0.3) is 0 Å². The second-order valence-electron chi connectivity index (χ2n) is 7.55. The Labute approximate surface area is 150 Å². The van der Waals surface area contributed by atoms with Crippen LogP contribution >= 0.6 is 0 Å². The number of pyridine rings is 1. The molecule has 1 aromatic heterocycles. The summed E-state index contributed by atoms with van der Waals surface area (Å²) >= 11 is 0. The van der Waals surface area contributed by atoms with Gasteiger partial charge in [0, 0.05) is 50.4 Å².